The Bertz CT molecular complexity index is 850. The van der Waals surface area contributed by atoms with Crippen molar-refractivity contribution < 1.29 is 18.8 Å². The van der Waals surface area contributed by atoms with Gasteiger partial charge in [0.1, 0.15) is 25.5 Å². The highest BCUT2D eigenvalue weighted by Crippen LogP contribution is 2.17. The molecule has 0 amide bonds. The van der Waals surface area contributed by atoms with Crippen LogP contribution >= 0.6 is 0 Å². The van der Waals surface area contributed by atoms with Crippen LogP contribution in [-0.4, -0.2) is 44.3 Å². The molecule has 0 saturated heterocycles. The quantitative estimate of drug-likeness (QED) is 0.0966. The summed E-state index contributed by atoms with van der Waals surface area (Å²) in [5.74, 6) is 0.699. The smallest absolute Gasteiger partial charge is 0.311 e. The first kappa shape index (κ1) is 30.9. The zero-order chi connectivity index (χ0) is 26.6. The van der Waals surface area contributed by atoms with Gasteiger partial charge in [-0.3, -0.25) is 4.79 Å². The van der Waals surface area contributed by atoms with Gasteiger partial charge in [-0.2, -0.15) is 0 Å². The summed E-state index contributed by atoms with van der Waals surface area (Å²) in [7, 11) is 4.29. The number of esters is 1. The fourth-order valence-electron chi connectivity index (χ4n) is 4.72. The predicted molar refractivity (Wildman–Crippen MR) is 155 cm³/mol. The van der Waals surface area contributed by atoms with Gasteiger partial charge in [-0.1, -0.05) is 114 Å². The van der Waals surface area contributed by atoms with Crippen LogP contribution in [0.5, 0.6) is 5.75 Å². The van der Waals surface area contributed by atoms with Crippen LogP contribution in [0.3, 0.4) is 0 Å². The van der Waals surface area contributed by atoms with Gasteiger partial charge in [-0.15, -0.1) is 0 Å². The second-order valence-corrected chi connectivity index (χ2v) is 11.1. The highest BCUT2D eigenvalue weighted by Gasteiger charge is 2.18. The van der Waals surface area contributed by atoms with Crippen LogP contribution in [0.2, 0.25) is 0 Å². The Morgan fingerprint density at radius 1 is 0.730 bits per heavy atom. The molecule has 0 fully saturated rings. The fourth-order valence-corrected chi connectivity index (χ4v) is 4.72. The molecule has 0 heterocycles. The number of carbonyl (C=O) groups excluding carboxylic acids is 1. The van der Waals surface area contributed by atoms with E-state index in [-0.39, 0.29) is 12.6 Å². The van der Waals surface area contributed by atoms with Crippen LogP contribution in [-0.2, 0) is 22.5 Å². The maximum atomic E-state index is 12.2. The SMILES string of the molecule is CCCCCCCCCCCCCc1cccc(OCCOC(=O)CC[N+](C)(C)Cc2ccccc2)c1. The minimum absolute atomic E-state index is 0.159. The van der Waals surface area contributed by atoms with Crippen molar-refractivity contribution in [3.63, 3.8) is 0 Å². The molecule has 0 aliphatic heterocycles. The Balaban J connectivity index is 1.51. The molecule has 0 saturated carbocycles. The summed E-state index contributed by atoms with van der Waals surface area (Å²) < 4.78 is 12.0. The molecule has 4 nitrogen and oxygen atoms in total. The van der Waals surface area contributed by atoms with Crippen molar-refractivity contribution in [3.8, 4) is 5.75 Å². The summed E-state index contributed by atoms with van der Waals surface area (Å²) in [6, 6.07) is 18.7. The van der Waals surface area contributed by atoms with E-state index in [0.717, 1.165) is 29.7 Å². The topological polar surface area (TPSA) is 35.5 Å². The third-order valence-corrected chi connectivity index (χ3v) is 6.96. The fraction of sp³-hybridized carbons (Fsp3) is 0.606. The molecule has 0 radical (unpaired) electrons. The number of unbranched alkanes of at least 4 members (excludes halogenated alkanes) is 10. The van der Waals surface area contributed by atoms with E-state index in [2.05, 4.69) is 63.5 Å². The summed E-state index contributed by atoms with van der Waals surface area (Å²) in [5.41, 5.74) is 2.60. The predicted octanol–water partition coefficient (Wildman–Crippen LogP) is 8.13. The maximum Gasteiger partial charge on any atom is 0.311 e. The lowest BCUT2D eigenvalue weighted by Crippen LogP contribution is -2.40. The van der Waals surface area contributed by atoms with E-state index in [4.69, 9.17) is 9.47 Å². The van der Waals surface area contributed by atoms with E-state index in [1.54, 1.807) is 0 Å². The molecule has 0 aliphatic rings. The van der Waals surface area contributed by atoms with Crippen LogP contribution in [0.4, 0.5) is 0 Å². The van der Waals surface area contributed by atoms with Crippen LogP contribution in [0, 0.1) is 0 Å². The maximum absolute atomic E-state index is 12.2. The molecule has 37 heavy (non-hydrogen) atoms. The van der Waals surface area contributed by atoms with Crippen molar-refractivity contribution in [2.75, 3.05) is 33.9 Å². The normalized spacial score (nSPS) is 11.4. The van der Waals surface area contributed by atoms with E-state index in [0.29, 0.717) is 13.0 Å². The number of nitrogens with zero attached hydrogens (tertiary/aromatic N) is 1. The summed E-state index contributed by atoms with van der Waals surface area (Å²) in [5, 5.41) is 0. The Kier molecular flexibility index (Phi) is 15.7. The molecule has 0 atom stereocenters. The van der Waals surface area contributed by atoms with Crippen molar-refractivity contribution in [1.29, 1.82) is 0 Å². The van der Waals surface area contributed by atoms with E-state index >= 15 is 0 Å². The molecule has 2 rings (SSSR count). The highest BCUT2D eigenvalue weighted by atomic mass is 16.6. The van der Waals surface area contributed by atoms with Gasteiger partial charge in [0.25, 0.3) is 0 Å². The van der Waals surface area contributed by atoms with Crippen molar-refractivity contribution in [3.05, 3.63) is 65.7 Å². The monoisotopic (exact) mass is 510 g/mol. The van der Waals surface area contributed by atoms with Gasteiger partial charge < -0.3 is 14.0 Å². The lowest BCUT2D eigenvalue weighted by atomic mass is 10.0. The first-order chi connectivity index (χ1) is 18.0. The van der Waals surface area contributed by atoms with Crippen molar-refractivity contribution in [1.82, 2.24) is 0 Å². The molecule has 2 aromatic carbocycles. The number of quaternary nitrogens is 1. The zero-order valence-electron chi connectivity index (χ0n) is 23.9. The molecule has 0 unspecified atom stereocenters. The van der Waals surface area contributed by atoms with E-state index in [1.165, 1.54) is 81.8 Å². The Morgan fingerprint density at radius 3 is 2.03 bits per heavy atom. The minimum Gasteiger partial charge on any atom is -0.490 e. The number of benzene rings is 2. The van der Waals surface area contributed by atoms with Gasteiger partial charge in [-0.05, 0) is 30.5 Å². The molecular weight excluding hydrogens is 458 g/mol. The zero-order valence-corrected chi connectivity index (χ0v) is 23.9. The lowest BCUT2D eigenvalue weighted by molar-refractivity contribution is -0.903. The van der Waals surface area contributed by atoms with Crippen LogP contribution in [0.25, 0.3) is 0 Å². The Labute approximate surface area is 227 Å². The van der Waals surface area contributed by atoms with Crippen molar-refractivity contribution in [2.45, 2.75) is 96.9 Å². The average molecular weight is 511 g/mol. The molecule has 0 N–H and O–H groups in total. The standard InChI is InChI=1S/C33H52NO3/c1-4-5-6-7-8-9-10-11-12-13-15-19-30-22-18-23-32(28-30)36-26-27-37-33(35)24-25-34(2,3)29-31-20-16-14-17-21-31/h14,16-18,20-23,28H,4-13,15,19,24-27,29H2,1-3H3/q+1. The summed E-state index contributed by atoms with van der Waals surface area (Å²) in [6.07, 6.45) is 16.5. The van der Waals surface area contributed by atoms with Gasteiger partial charge in [0.05, 0.1) is 27.1 Å². The number of hydrogen-bond donors (Lipinski definition) is 0. The third kappa shape index (κ3) is 15.5. The second kappa shape index (κ2) is 18.8. The van der Waals surface area contributed by atoms with E-state index in [9.17, 15) is 4.79 Å². The van der Waals surface area contributed by atoms with Crippen LogP contribution in [0.1, 0.15) is 95.1 Å². The number of ether oxygens (including phenoxy) is 2. The number of aryl methyl sites for hydroxylation is 1. The largest absolute Gasteiger partial charge is 0.490 e. The Morgan fingerprint density at radius 2 is 1.35 bits per heavy atom. The molecule has 2 aromatic rings. The van der Waals surface area contributed by atoms with Gasteiger partial charge in [0, 0.05) is 5.56 Å². The van der Waals surface area contributed by atoms with Crippen LogP contribution in [0.15, 0.2) is 54.6 Å². The third-order valence-electron chi connectivity index (χ3n) is 6.96. The van der Waals surface area contributed by atoms with Gasteiger partial charge >= 0.3 is 5.97 Å². The van der Waals surface area contributed by atoms with E-state index in [1.807, 2.05) is 12.1 Å². The summed E-state index contributed by atoms with van der Waals surface area (Å²) in [6.45, 7) is 4.59. The number of carbonyl (C=O) groups is 1. The molecule has 206 valence electrons. The molecule has 4 heteroatoms. The van der Waals surface area contributed by atoms with Crippen LogP contribution < -0.4 is 4.74 Å². The summed E-state index contributed by atoms with van der Waals surface area (Å²) in [4.78, 5) is 12.2. The molecule has 0 spiro atoms. The average Bonchev–Trinajstić information content (AvgIpc) is 2.89. The Hall–Kier alpha value is -2.33. The molecule has 0 aliphatic carbocycles. The van der Waals surface area contributed by atoms with Gasteiger partial charge in [0.15, 0.2) is 0 Å². The highest BCUT2D eigenvalue weighted by molar-refractivity contribution is 5.69. The van der Waals surface area contributed by atoms with E-state index < -0.39 is 0 Å². The van der Waals surface area contributed by atoms with Crippen molar-refractivity contribution >= 4 is 5.97 Å². The molecular formula is C33H52NO3+. The first-order valence-electron chi connectivity index (χ1n) is 14.7. The minimum atomic E-state index is -0.159. The number of hydrogen-bond acceptors (Lipinski definition) is 3. The first-order valence-corrected chi connectivity index (χ1v) is 14.7. The lowest BCUT2D eigenvalue weighted by Gasteiger charge is -2.29. The number of rotatable bonds is 21. The van der Waals surface area contributed by atoms with Crippen molar-refractivity contribution in [2.24, 2.45) is 0 Å². The molecule has 0 bridgehead atoms. The molecule has 0 aromatic heterocycles. The second-order valence-electron chi connectivity index (χ2n) is 11.1. The van der Waals surface area contributed by atoms with Gasteiger partial charge in [-0.25, -0.2) is 0 Å². The summed E-state index contributed by atoms with van der Waals surface area (Å²) >= 11 is 0. The van der Waals surface area contributed by atoms with Gasteiger partial charge in [0.2, 0.25) is 0 Å².